The van der Waals surface area contributed by atoms with E-state index in [-0.39, 0.29) is 0 Å². The van der Waals surface area contributed by atoms with Crippen LogP contribution in [0.15, 0.2) is 0 Å². The average Bonchev–Trinajstić information content (AvgIpc) is 2.31. The van der Waals surface area contributed by atoms with Gasteiger partial charge in [0.15, 0.2) is 0 Å². The van der Waals surface area contributed by atoms with Gasteiger partial charge in [-0.05, 0) is 24.2 Å². The van der Waals surface area contributed by atoms with E-state index in [0.29, 0.717) is 17.3 Å². The van der Waals surface area contributed by atoms with Crippen LogP contribution in [0.5, 0.6) is 0 Å². The zero-order valence-corrected chi connectivity index (χ0v) is 7.72. The first-order chi connectivity index (χ1) is 5.05. The molecule has 1 unspecified atom stereocenters. The molecule has 1 aliphatic rings. The second kappa shape index (κ2) is 2.85. The number of nitriles is 1. The third-order valence-corrected chi connectivity index (χ3v) is 2.79. The van der Waals surface area contributed by atoms with Crippen molar-refractivity contribution in [2.24, 2.45) is 17.3 Å². The summed E-state index contributed by atoms with van der Waals surface area (Å²) in [5.74, 6) is 0.961. The minimum absolute atomic E-state index is 0.329. The molecule has 0 heterocycles. The molecule has 1 aliphatic carbocycles. The summed E-state index contributed by atoms with van der Waals surface area (Å²) in [6.07, 6.45) is 3.63. The molecule has 0 N–H and O–H groups in total. The van der Waals surface area contributed by atoms with Crippen LogP contribution < -0.4 is 0 Å². The van der Waals surface area contributed by atoms with Gasteiger partial charge >= 0.3 is 0 Å². The molecule has 1 fully saturated rings. The minimum atomic E-state index is 0.329. The van der Waals surface area contributed by atoms with Crippen LogP contribution in [0.2, 0.25) is 0 Å². The quantitative estimate of drug-likeness (QED) is 0.522. The molecule has 0 amide bonds. The lowest BCUT2D eigenvalue weighted by Gasteiger charge is -2.28. The fraction of sp³-hybridized carbons (Fsp3) is 0.900. The van der Waals surface area contributed by atoms with E-state index in [2.05, 4.69) is 26.8 Å². The summed E-state index contributed by atoms with van der Waals surface area (Å²) in [6, 6.07) is 2.42. The summed E-state index contributed by atoms with van der Waals surface area (Å²) < 4.78 is 0. The second-order valence-corrected chi connectivity index (χ2v) is 4.64. The molecule has 0 aromatic carbocycles. The number of hydrogen-bond acceptors (Lipinski definition) is 1. The van der Waals surface area contributed by atoms with Gasteiger partial charge in [-0.25, -0.2) is 0 Å². The predicted molar refractivity (Wildman–Crippen MR) is 45.9 cm³/mol. The fourth-order valence-electron chi connectivity index (χ4n) is 2.15. The number of nitrogens with zero attached hydrogens (tertiary/aromatic N) is 1. The van der Waals surface area contributed by atoms with Gasteiger partial charge in [0.25, 0.3) is 0 Å². The van der Waals surface area contributed by atoms with Gasteiger partial charge in [0.2, 0.25) is 0 Å². The van der Waals surface area contributed by atoms with Crippen molar-refractivity contribution in [3.05, 3.63) is 0 Å². The van der Waals surface area contributed by atoms with Crippen LogP contribution >= 0.6 is 0 Å². The monoisotopic (exact) mass is 151 g/mol. The summed E-state index contributed by atoms with van der Waals surface area (Å²) in [6.45, 7) is 6.73. The SMILES string of the molecule is CC(C)(C)C1CCC[C@@H]1C#N. The van der Waals surface area contributed by atoms with Gasteiger partial charge in [-0.3, -0.25) is 0 Å². The summed E-state index contributed by atoms with van der Waals surface area (Å²) in [5, 5.41) is 8.85. The molecule has 1 rings (SSSR count). The molecule has 2 atom stereocenters. The lowest BCUT2D eigenvalue weighted by molar-refractivity contribution is 0.214. The Bertz CT molecular complexity index is 170. The minimum Gasteiger partial charge on any atom is -0.198 e. The largest absolute Gasteiger partial charge is 0.198 e. The van der Waals surface area contributed by atoms with Crippen molar-refractivity contribution in [3.8, 4) is 6.07 Å². The highest BCUT2D eigenvalue weighted by molar-refractivity contribution is 4.96. The first-order valence-electron chi connectivity index (χ1n) is 4.45. The summed E-state index contributed by atoms with van der Waals surface area (Å²) >= 11 is 0. The van der Waals surface area contributed by atoms with Crippen LogP contribution in [0.3, 0.4) is 0 Å². The zero-order valence-electron chi connectivity index (χ0n) is 7.72. The Balaban J connectivity index is 2.66. The van der Waals surface area contributed by atoms with Crippen molar-refractivity contribution in [2.75, 3.05) is 0 Å². The van der Waals surface area contributed by atoms with E-state index in [1.807, 2.05) is 0 Å². The number of rotatable bonds is 0. The first kappa shape index (κ1) is 8.59. The Kier molecular flexibility index (Phi) is 2.23. The Labute approximate surface area is 69.4 Å². The third-order valence-electron chi connectivity index (χ3n) is 2.79. The summed E-state index contributed by atoms with van der Waals surface area (Å²) in [4.78, 5) is 0. The Morgan fingerprint density at radius 2 is 1.91 bits per heavy atom. The molecule has 0 bridgehead atoms. The van der Waals surface area contributed by atoms with Gasteiger partial charge in [0.05, 0.1) is 6.07 Å². The fourth-order valence-corrected chi connectivity index (χ4v) is 2.15. The van der Waals surface area contributed by atoms with E-state index < -0.39 is 0 Å². The Hall–Kier alpha value is -0.510. The van der Waals surface area contributed by atoms with Crippen molar-refractivity contribution in [3.63, 3.8) is 0 Å². The van der Waals surface area contributed by atoms with Crippen LogP contribution in [0.4, 0.5) is 0 Å². The van der Waals surface area contributed by atoms with Gasteiger partial charge in [0, 0.05) is 5.92 Å². The third kappa shape index (κ3) is 1.74. The highest BCUT2D eigenvalue weighted by Gasteiger charge is 2.35. The van der Waals surface area contributed by atoms with Crippen molar-refractivity contribution in [1.29, 1.82) is 5.26 Å². The van der Waals surface area contributed by atoms with Gasteiger partial charge in [-0.15, -0.1) is 0 Å². The Morgan fingerprint density at radius 3 is 2.27 bits per heavy atom. The maximum Gasteiger partial charge on any atom is 0.0658 e. The van der Waals surface area contributed by atoms with E-state index in [1.165, 1.54) is 12.8 Å². The molecule has 1 nitrogen and oxygen atoms in total. The summed E-state index contributed by atoms with van der Waals surface area (Å²) in [5.41, 5.74) is 0.330. The van der Waals surface area contributed by atoms with Crippen LogP contribution in [-0.4, -0.2) is 0 Å². The molecule has 0 aliphatic heterocycles. The topological polar surface area (TPSA) is 23.8 Å². The van der Waals surface area contributed by atoms with Gasteiger partial charge in [0.1, 0.15) is 0 Å². The van der Waals surface area contributed by atoms with E-state index >= 15 is 0 Å². The molecular weight excluding hydrogens is 134 g/mol. The molecule has 1 saturated carbocycles. The lowest BCUT2D eigenvalue weighted by atomic mass is 9.75. The second-order valence-electron chi connectivity index (χ2n) is 4.64. The predicted octanol–water partition coefficient (Wildman–Crippen LogP) is 2.97. The Morgan fingerprint density at radius 1 is 1.27 bits per heavy atom. The van der Waals surface area contributed by atoms with Crippen molar-refractivity contribution in [2.45, 2.75) is 40.0 Å². The average molecular weight is 151 g/mol. The van der Waals surface area contributed by atoms with E-state index in [0.717, 1.165) is 6.42 Å². The summed E-state index contributed by atoms with van der Waals surface area (Å²) in [7, 11) is 0. The molecular formula is C10H17N. The molecule has 0 aromatic rings. The van der Waals surface area contributed by atoms with Crippen LogP contribution in [0.25, 0.3) is 0 Å². The van der Waals surface area contributed by atoms with Crippen molar-refractivity contribution < 1.29 is 0 Å². The van der Waals surface area contributed by atoms with E-state index in [9.17, 15) is 0 Å². The van der Waals surface area contributed by atoms with Gasteiger partial charge in [-0.1, -0.05) is 27.2 Å². The van der Waals surface area contributed by atoms with Crippen LogP contribution in [0.1, 0.15) is 40.0 Å². The van der Waals surface area contributed by atoms with Gasteiger partial charge < -0.3 is 0 Å². The standard InChI is InChI=1S/C10H17N/c1-10(2,3)9-6-4-5-8(9)7-11/h8-9H,4-6H2,1-3H3/t8-,9?/m1/s1. The maximum atomic E-state index is 8.85. The van der Waals surface area contributed by atoms with Crippen LogP contribution in [0, 0.1) is 28.6 Å². The molecule has 11 heavy (non-hydrogen) atoms. The normalized spacial score (nSPS) is 31.8. The molecule has 62 valence electrons. The molecule has 0 radical (unpaired) electrons. The van der Waals surface area contributed by atoms with Crippen molar-refractivity contribution >= 4 is 0 Å². The maximum absolute atomic E-state index is 8.85. The van der Waals surface area contributed by atoms with E-state index in [4.69, 9.17) is 5.26 Å². The van der Waals surface area contributed by atoms with Crippen LogP contribution in [-0.2, 0) is 0 Å². The van der Waals surface area contributed by atoms with E-state index in [1.54, 1.807) is 0 Å². The molecule has 0 spiro atoms. The lowest BCUT2D eigenvalue weighted by Crippen LogP contribution is -2.22. The first-order valence-corrected chi connectivity index (χ1v) is 4.45. The van der Waals surface area contributed by atoms with Gasteiger partial charge in [-0.2, -0.15) is 5.26 Å². The molecule has 1 heteroatoms. The smallest absolute Gasteiger partial charge is 0.0658 e. The zero-order chi connectivity index (χ0) is 8.48. The number of hydrogen-bond donors (Lipinski definition) is 0. The highest BCUT2D eigenvalue weighted by atomic mass is 14.4. The molecule has 0 aromatic heterocycles. The molecule has 0 saturated heterocycles. The van der Waals surface area contributed by atoms with Crippen molar-refractivity contribution in [1.82, 2.24) is 0 Å². The highest BCUT2D eigenvalue weighted by Crippen LogP contribution is 2.42.